The first-order valence-corrected chi connectivity index (χ1v) is 8.91. The van der Waals surface area contributed by atoms with Gasteiger partial charge in [-0.2, -0.15) is 5.26 Å². The van der Waals surface area contributed by atoms with Crippen molar-refractivity contribution in [3.05, 3.63) is 59.7 Å². The van der Waals surface area contributed by atoms with Gasteiger partial charge in [0.1, 0.15) is 0 Å². The van der Waals surface area contributed by atoms with Crippen LogP contribution in [0.2, 0.25) is 0 Å². The fourth-order valence-electron chi connectivity index (χ4n) is 3.30. The maximum absolute atomic E-state index is 12.8. The highest BCUT2D eigenvalue weighted by Crippen LogP contribution is 2.23. The smallest absolute Gasteiger partial charge is 0.253 e. The summed E-state index contributed by atoms with van der Waals surface area (Å²) in [4.78, 5) is 14.7. The van der Waals surface area contributed by atoms with E-state index in [1.165, 1.54) is 0 Å². The fraction of sp³-hybridized carbons (Fsp3) is 0.333. The van der Waals surface area contributed by atoms with E-state index >= 15 is 0 Å². The minimum absolute atomic E-state index is 0.00108. The Kier molecular flexibility index (Phi) is 5.55. The fourth-order valence-corrected chi connectivity index (χ4v) is 3.30. The number of carbonyl (C=O) groups excluding carboxylic acids is 1. The third-order valence-electron chi connectivity index (χ3n) is 4.84. The minimum atomic E-state index is -0.394. The maximum Gasteiger partial charge on any atom is 0.253 e. The molecule has 1 aliphatic rings. The van der Waals surface area contributed by atoms with Crippen LogP contribution in [0.5, 0.6) is 0 Å². The standard InChI is InChI=1S/C21H23N3O2/c1-15(25)18-5-3-11-24(14-18)21(26)17-4-2-6-20(12-17)23-19-9-7-16(13-22)8-10-19/h2,4,6-10,12,15,18,23,25H,3,5,11,14H2,1H3. The highest BCUT2D eigenvalue weighted by molar-refractivity contribution is 5.95. The van der Waals surface area contributed by atoms with Crippen molar-refractivity contribution in [2.24, 2.45) is 5.92 Å². The van der Waals surface area contributed by atoms with Gasteiger partial charge in [0.15, 0.2) is 0 Å². The second-order valence-corrected chi connectivity index (χ2v) is 6.79. The highest BCUT2D eigenvalue weighted by atomic mass is 16.3. The molecule has 0 aliphatic carbocycles. The van der Waals surface area contributed by atoms with Gasteiger partial charge in [-0.05, 0) is 62.2 Å². The summed E-state index contributed by atoms with van der Waals surface area (Å²) < 4.78 is 0. The van der Waals surface area contributed by atoms with Gasteiger partial charge in [-0.25, -0.2) is 0 Å². The number of rotatable bonds is 4. The highest BCUT2D eigenvalue weighted by Gasteiger charge is 2.27. The van der Waals surface area contributed by atoms with Crippen LogP contribution in [-0.4, -0.2) is 35.1 Å². The number of hydrogen-bond acceptors (Lipinski definition) is 4. The quantitative estimate of drug-likeness (QED) is 0.885. The summed E-state index contributed by atoms with van der Waals surface area (Å²) in [5.74, 6) is 0.145. The Balaban J connectivity index is 1.71. The van der Waals surface area contributed by atoms with Gasteiger partial charge in [-0.15, -0.1) is 0 Å². The van der Waals surface area contributed by atoms with Crippen molar-refractivity contribution in [1.29, 1.82) is 5.26 Å². The van der Waals surface area contributed by atoms with Crippen LogP contribution in [0.25, 0.3) is 0 Å². The Hall–Kier alpha value is -2.84. The number of piperidine rings is 1. The predicted molar refractivity (Wildman–Crippen MR) is 101 cm³/mol. The zero-order chi connectivity index (χ0) is 18.5. The van der Waals surface area contributed by atoms with Crippen LogP contribution < -0.4 is 5.32 Å². The average Bonchev–Trinajstić information content (AvgIpc) is 2.68. The van der Waals surface area contributed by atoms with Gasteiger partial charge >= 0.3 is 0 Å². The van der Waals surface area contributed by atoms with Crippen molar-refractivity contribution >= 4 is 17.3 Å². The minimum Gasteiger partial charge on any atom is -0.393 e. The van der Waals surface area contributed by atoms with Crippen LogP contribution in [0.4, 0.5) is 11.4 Å². The molecule has 5 heteroatoms. The van der Waals surface area contributed by atoms with Gasteiger partial charge in [0, 0.05) is 35.9 Å². The second kappa shape index (κ2) is 8.03. The number of likely N-dealkylation sites (tertiary alicyclic amines) is 1. The van der Waals surface area contributed by atoms with Crippen LogP contribution in [0, 0.1) is 17.2 Å². The largest absolute Gasteiger partial charge is 0.393 e. The van der Waals surface area contributed by atoms with E-state index in [2.05, 4.69) is 11.4 Å². The number of nitrogens with one attached hydrogen (secondary N) is 1. The lowest BCUT2D eigenvalue weighted by Gasteiger charge is -2.34. The van der Waals surface area contributed by atoms with Crippen molar-refractivity contribution in [2.45, 2.75) is 25.9 Å². The van der Waals surface area contributed by atoms with Gasteiger partial charge < -0.3 is 15.3 Å². The Bertz CT molecular complexity index is 809. The molecule has 0 bridgehead atoms. The molecule has 2 atom stereocenters. The topological polar surface area (TPSA) is 76.4 Å². The van der Waals surface area contributed by atoms with E-state index in [1.807, 2.05) is 41.3 Å². The Labute approximate surface area is 153 Å². The molecule has 1 heterocycles. The summed E-state index contributed by atoms with van der Waals surface area (Å²) in [7, 11) is 0. The van der Waals surface area contributed by atoms with Gasteiger partial charge in [0.2, 0.25) is 0 Å². The SMILES string of the molecule is CC(O)C1CCCN(C(=O)c2cccc(Nc3ccc(C#N)cc3)c2)C1. The maximum atomic E-state index is 12.8. The number of aliphatic hydroxyl groups excluding tert-OH is 1. The van der Waals surface area contributed by atoms with E-state index in [1.54, 1.807) is 19.1 Å². The first kappa shape index (κ1) is 18.0. The van der Waals surface area contributed by atoms with Gasteiger partial charge in [-0.1, -0.05) is 6.07 Å². The molecule has 2 aromatic carbocycles. The molecule has 2 unspecified atom stereocenters. The monoisotopic (exact) mass is 349 g/mol. The number of nitrogens with zero attached hydrogens (tertiary/aromatic N) is 2. The third kappa shape index (κ3) is 4.22. The first-order valence-electron chi connectivity index (χ1n) is 8.91. The van der Waals surface area contributed by atoms with Crippen LogP contribution in [0.15, 0.2) is 48.5 Å². The van der Waals surface area contributed by atoms with E-state index in [0.717, 1.165) is 30.8 Å². The average molecular weight is 349 g/mol. The number of hydrogen-bond donors (Lipinski definition) is 2. The third-order valence-corrected chi connectivity index (χ3v) is 4.84. The molecule has 26 heavy (non-hydrogen) atoms. The molecule has 1 fully saturated rings. The number of carbonyl (C=O) groups is 1. The zero-order valence-electron chi connectivity index (χ0n) is 14.9. The van der Waals surface area contributed by atoms with Crippen LogP contribution in [-0.2, 0) is 0 Å². The molecular formula is C21H23N3O2. The molecule has 3 rings (SSSR count). The van der Waals surface area contributed by atoms with Crippen LogP contribution in [0.1, 0.15) is 35.7 Å². The van der Waals surface area contributed by atoms with E-state index in [9.17, 15) is 9.90 Å². The van der Waals surface area contributed by atoms with Crippen molar-refractivity contribution in [3.63, 3.8) is 0 Å². The molecule has 5 nitrogen and oxygen atoms in total. The number of benzene rings is 2. The summed E-state index contributed by atoms with van der Waals surface area (Å²) in [6.07, 6.45) is 1.49. The lowest BCUT2D eigenvalue weighted by Crippen LogP contribution is -2.42. The molecule has 0 aromatic heterocycles. The molecule has 2 aromatic rings. The van der Waals surface area contributed by atoms with E-state index in [4.69, 9.17) is 5.26 Å². The normalized spacial score (nSPS) is 18.0. The van der Waals surface area contributed by atoms with Gasteiger partial charge in [0.05, 0.1) is 17.7 Å². The molecule has 0 radical (unpaired) electrons. The molecule has 1 aliphatic heterocycles. The molecule has 0 saturated carbocycles. The Morgan fingerprint density at radius 1 is 1.27 bits per heavy atom. The summed E-state index contributed by atoms with van der Waals surface area (Å²) >= 11 is 0. The van der Waals surface area contributed by atoms with Crippen molar-refractivity contribution in [2.75, 3.05) is 18.4 Å². The molecule has 2 N–H and O–H groups in total. The van der Waals surface area contributed by atoms with Gasteiger partial charge in [-0.3, -0.25) is 4.79 Å². The number of nitriles is 1. The van der Waals surface area contributed by atoms with Crippen molar-refractivity contribution in [3.8, 4) is 6.07 Å². The van der Waals surface area contributed by atoms with Gasteiger partial charge in [0.25, 0.3) is 5.91 Å². The van der Waals surface area contributed by atoms with Crippen LogP contribution in [0.3, 0.4) is 0 Å². The van der Waals surface area contributed by atoms with Crippen LogP contribution >= 0.6 is 0 Å². The van der Waals surface area contributed by atoms with E-state index in [0.29, 0.717) is 17.7 Å². The molecule has 1 amide bonds. The Morgan fingerprint density at radius 2 is 2.04 bits per heavy atom. The Morgan fingerprint density at radius 3 is 2.73 bits per heavy atom. The second-order valence-electron chi connectivity index (χ2n) is 6.79. The zero-order valence-corrected chi connectivity index (χ0v) is 14.9. The lowest BCUT2D eigenvalue weighted by molar-refractivity contribution is 0.0466. The van der Waals surface area contributed by atoms with Crippen molar-refractivity contribution < 1.29 is 9.90 Å². The number of aliphatic hydroxyl groups is 1. The molecule has 0 spiro atoms. The van der Waals surface area contributed by atoms with Crippen molar-refractivity contribution in [1.82, 2.24) is 4.90 Å². The van der Waals surface area contributed by atoms with E-state index in [-0.39, 0.29) is 11.8 Å². The summed E-state index contributed by atoms with van der Waals surface area (Å²) in [6, 6.07) is 16.7. The molecule has 1 saturated heterocycles. The predicted octanol–water partition coefficient (Wildman–Crippen LogP) is 3.53. The molecular weight excluding hydrogens is 326 g/mol. The summed E-state index contributed by atoms with van der Waals surface area (Å²) in [5.41, 5.74) is 2.93. The van der Waals surface area contributed by atoms with E-state index < -0.39 is 6.10 Å². The summed E-state index contributed by atoms with van der Waals surface area (Å²) in [5, 5.41) is 21.9. The number of anilines is 2. The molecule has 134 valence electrons. The first-order chi connectivity index (χ1) is 12.6. The lowest BCUT2D eigenvalue weighted by atomic mass is 9.93. The number of amides is 1. The summed E-state index contributed by atoms with van der Waals surface area (Å²) in [6.45, 7) is 3.12.